The number of halogens is 1. The maximum absolute atomic E-state index is 12.6. The minimum Gasteiger partial charge on any atom is -0.336 e. The van der Waals surface area contributed by atoms with Crippen molar-refractivity contribution in [1.29, 1.82) is 0 Å². The fourth-order valence-electron chi connectivity index (χ4n) is 2.63. The average Bonchev–Trinajstić information content (AvgIpc) is 2.46. The summed E-state index contributed by atoms with van der Waals surface area (Å²) in [5, 5.41) is 11.1. The third kappa shape index (κ3) is 3.51. The Balaban J connectivity index is 2.28. The summed E-state index contributed by atoms with van der Waals surface area (Å²) < 4.78 is 0. The van der Waals surface area contributed by atoms with Gasteiger partial charge in [0.1, 0.15) is 0 Å². The fraction of sp³-hybridized carbons (Fsp3) is 0.500. The number of nitrogens with zero attached hydrogens (tertiary/aromatic N) is 2. The Bertz CT molecular complexity index is 564. The molecular formula is C14H18ClN3O3. The van der Waals surface area contributed by atoms with Crippen LogP contribution in [0.3, 0.4) is 0 Å². The Morgan fingerprint density at radius 3 is 2.81 bits per heavy atom. The van der Waals surface area contributed by atoms with E-state index in [1.165, 1.54) is 18.2 Å². The molecule has 114 valence electrons. The highest BCUT2D eigenvalue weighted by Gasteiger charge is 2.29. The van der Waals surface area contributed by atoms with E-state index in [9.17, 15) is 14.9 Å². The minimum absolute atomic E-state index is 0.0957. The standard InChI is InChI=1S/C14H18ClN3O3/c1-9-2-3-10(7-16)8-17(9)14(19)11-4-12(15)6-13(5-11)18(20)21/h4-6,9-10H,2-3,7-8,16H2,1H3. The molecule has 0 aliphatic carbocycles. The second-order valence-corrected chi connectivity index (χ2v) is 5.88. The number of nitro benzene ring substituents is 1. The summed E-state index contributed by atoms with van der Waals surface area (Å²) in [4.78, 5) is 24.7. The number of likely N-dealkylation sites (tertiary alicyclic amines) is 1. The van der Waals surface area contributed by atoms with Gasteiger partial charge in [-0.25, -0.2) is 0 Å². The molecule has 1 amide bonds. The second-order valence-electron chi connectivity index (χ2n) is 5.44. The SMILES string of the molecule is CC1CCC(CN)CN1C(=O)c1cc(Cl)cc([N+](=O)[O-])c1. The quantitative estimate of drug-likeness (QED) is 0.686. The van der Waals surface area contributed by atoms with Crippen molar-refractivity contribution in [3.05, 3.63) is 38.9 Å². The Hall–Kier alpha value is -1.66. The van der Waals surface area contributed by atoms with Crippen LogP contribution >= 0.6 is 11.6 Å². The zero-order chi connectivity index (χ0) is 15.6. The van der Waals surface area contributed by atoms with Crippen LogP contribution in [0, 0.1) is 16.0 Å². The number of carbonyl (C=O) groups is 1. The molecule has 1 aliphatic heterocycles. The number of nitrogens with two attached hydrogens (primary N) is 1. The Morgan fingerprint density at radius 1 is 1.48 bits per heavy atom. The maximum atomic E-state index is 12.6. The van der Waals surface area contributed by atoms with Crippen molar-refractivity contribution in [3.8, 4) is 0 Å². The molecular weight excluding hydrogens is 294 g/mol. The number of rotatable bonds is 3. The van der Waals surface area contributed by atoms with Gasteiger partial charge in [0, 0.05) is 35.3 Å². The normalized spacial score (nSPS) is 22.1. The Kier molecular flexibility index (Phi) is 4.80. The predicted octanol–water partition coefficient (Wildman–Crippen LogP) is 2.45. The summed E-state index contributed by atoms with van der Waals surface area (Å²) in [6, 6.07) is 4.07. The van der Waals surface area contributed by atoms with Crippen LogP contribution in [0.2, 0.25) is 5.02 Å². The zero-order valence-corrected chi connectivity index (χ0v) is 12.5. The number of carbonyl (C=O) groups excluding carboxylic acids is 1. The Labute approximate surface area is 128 Å². The van der Waals surface area contributed by atoms with Crippen molar-refractivity contribution in [2.45, 2.75) is 25.8 Å². The van der Waals surface area contributed by atoms with Crippen LogP contribution in [0.15, 0.2) is 18.2 Å². The van der Waals surface area contributed by atoms with Gasteiger partial charge in [-0.15, -0.1) is 0 Å². The molecule has 1 saturated heterocycles. The molecule has 2 atom stereocenters. The van der Waals surface area contributed by atoms with Gasteiger partial charge >= 0.3 is 0 Å². The molecule has 1 aliphatic rings. The topological polar surface area (TPSA) is 89.5 Å². The van der Waals surface area contributed by atoms with E-state index in [4.69, 9.17) is 17.3 Å². The number of hydrogen-bond donors (Lipinski definition) is 1. The molecule has 1 aromatic rings. The van der Waals surface area contributed by atoms with E-state index in [-0.39, 0.29) is 34.1 Å². The van der Waals surface area contributed by atoms with Gasteiger partial charge in [0.2, 0.25) is 0 Å². The number of hydrogen-bond acceptors (Lipinski definition) is 4. The molecule has 0 saturated carbocycles. The van der Waals surface area contributed by atoms with Crippen molar-refractivity contribution < 1.29 is 9.72 Å². The molecule has 0 spiro atoms. The average molecular weight is 312 g/mol. The van der Waals surface area contributed by atoms with E-state index in [2.05, 4.69) is 0 Å². The maximum Gasteiger partial charge on any atom is 0.271 e. The number of non-ortho nitro benzene ring substituents is 1. The molecule has 0 bridgehead atoms. The molecule has 7 heteroatoms. The van der Waals surface area contributed by atoms with E-state index < -0.39 is 4.92 Å². The summed E-state index contributed by atoms with van der Waals surface area (Å²) in [6.07, 6.45) is 1.88. The summed E-state index contributed by atoms with van der Waals surface area (Å²) in [7, 11) is 0. The summed E-state index contributed by atoms with van der Waals surface area (Å²) in [5.41, 5.74) is 5.76. The number of benzene rings is 1. The largest absolute Gasteiger partial charge is 0.336 e. The molecule has 6 nitrogen and oxygen atoms in total. The molecule has 2 rings (SSSR count). The third-order valence-electron chi connectivity index (χ3n) is 3.91. The van der Waals surface area contributed by atoms with Gasteiger partial charge in [0.05, 0.1) is 4.92 Å². The lowest BCUT2D eigenvalue weighted by atomic mass is 9.93. The highest BCUT2D eigenvalue weighted by Crippen LogP contribution is 2.26. The van der Waals surface area contributed by atoms with Gasteiger partial charge in [0.15, 0.2) is 0 Å². The highest BCUT2D eigenvalue weighted by atomic mass is 35.5. The minimum atomic E-state index is -0.551. The van der Waals surface area contributed by atoms with Crippen LogP contribution in [0.5, 0.6) is 0 Å². The van der Waals surface area contributed by atoms with Gasteiger partial charge in [-0.05, 0) is 38.3 Å². The van der Waals surface area contributed by atoms with Crippen molar-refractivity contribution >= 4 is 23.2 Å². The fourth-order valence-corrected chi connectivity index (χ4v) is 2.86. The van der Waals surface area contributed by atoms with Gasteiger partial charge in [-0.3, -0.25) is 14.9 Å². The van der Waals surface area contributed by atoms with Crippen LogP contribution in [0.25, 0.3) is 0 Å². The molecule has 2 N–H and O–H groups in total. The van der Waals surface area contributed by atoms with Crippen molar-refractivity contribution in [1.82, 2.24) is 4.90 Å². The molecule has 1 fully saturated rings. The molecule has 1 heterocycles. The van der Waals surface area contributed by atoms with E-state index in [1.807, 2.05) is 6.92 Å². The van der Waals surface area contributed by atoms with Crippen LogP contribution in [0.1, 0.15) is 30.1 Å². The number of nitro groups is 1. The number of amides is 1. The van der Waals surface area contributed by atoms with Crippen LogP contribution in [0.4, 0.5) is 5.69 Å². The van der Waals surface area contributed by atoms with Crippen molar-refractivity contribution in [3.63, 3.8) is 0 Å². The van der Waals surface area contributed by atoms with Gasteiger partial charge in [-0.1, -0.05) is 11.6 Å². The van der Waals surface area contributed by atoms with Crippen LogP contribution in [-0.2, 0) is 0 Å². The van der Waals surface area contributed by atoms with Crippen molar-refractivity contribution in [2.24, 2.45) is 11.7 Å². The first kappa shape index (κ1) is 15.7. The summed E-state index contributed by atoms with van der Waals surface area (Å²) >= 11 is 5.87. The summed E-state index contributed by atoms with van der Waals surface area (Å²) in [5.74, 6) is 0.0468. The molecule has 1 aromatic carbocycles. The van der Waals surface area contributed by atoms with E-state index >= 15 is 0 Å². The lowest BCUT2D eigenvalue weighted by molar-refractivity contribution is -0.384. The molecule has 0 aromatic heterocycles. The molecule has 2 unspecified atom stereocenters. The first-order chi connectivity index (χ1) is 9.92. The number of piperidine rings is 1. The first-order valence-corrected chi connectivity index (χ1v) is 7.26. The van der Waals surface area contributed by atoms with E-state index in [0.717, 1.165) is 12.8 Å². The molecule has 0 radical (unpaired) electrons. The van der Waals surface area contributed by atoms with Crippen molar-refractivity contribution in [2.75, 3.05) is 13.1 Å². The van der Waals surface area contributed by atoms with E-state index in [1.54, 1.807) is 4.90 Å². The highest BCUT2D eigenvalue weighted by molar-refractivity contribution is 6.31. The van der Waals surface area contributed by atoms with Gasteiger partial charge < -0.3 is 10.6 Å². The Morgan fingerprint density at radius 2 is 2.19 bits per heavy atom. The third-order valence-corrected chi connectivity index (χ3v) is 4.13. The zero-order valence-electron chi connectivity index (χ0n) is 11.8. The first-order valence-electron chi connectivity index (χ1n) is 6.88. The lowest BCUT2D eigenvalue weighted by Gasteiger charge is -2.37. The molecule has 21 heavy (non-hydrogen) atoms. The monoisotopic (exact) mass is 311 g/mol. The van der Waals surface area contributed by atoms with E-state index in [0.29, 0.717) is 13.1 Å². The smallest absolute Gasteiger partial charge is 0.271 e. The lowest BCUT2D eigenvalue weighted by Crippen LogP contribution is -2.47. The predicted molar refractivity (Wildman–Crippen MR) is 80.4 cm³/mol. The van der Waals surface area contributed by atoms with Gasteiger partial charge in [-0.2, -0.15) is 0 Å². The second kappa shape index (κ2) is 6.41. The van der Waals surface area contributed by atoms with Gasteiger partial charge in [0.25, 0.3) is 11.6 Å². The van der Waals surface area contributed by atoms with Crippen LogP contribution < -0.4 is 5.73 Å². The van der Waals surface area contributed by atoms with Crippen LogP contribution in [-0.4, -0.2) is 34.9 Å². The summed E-state index contributed by atoms with van der Waals surface area (Å²) in [6.45, 7) is 3.09.